The number of hydrogen-bond donors (Lipinski definition) is 3. The molecule has 0 saturated heterocycles. The highest BCUT2D eigenvalue weighted by atomic mass is 16.5. The van der Waals surface area contributed by atoms with E-state index in [2.05, 4.69) is 34.6 Å². The highest BCUT2D eigenvalue weighted by Crippen LogP contribution is 2.38. The molecule has 3 N–H and O–H groups in total. The molecule has 0 spiro atoms. The molecule has 4 aromatic carbocycles. The molecule has 0 aliphatic carbocycles. The van der Waals surface area contributed by atoms with Gasteiger partial charge in [0.2, 0.25) is 0 Å². The van der Waals surface area contributed by atoms with Crippen molar-refractivity contribution in [2.45, 2.75) is 13.1 Å². The average molecular weight is 492 g/mol. The molecule has 0 aliphatic rings. The van der Waals surface area contributed by atoms with Crippen LogP contribution in [-0.2, 0) is 13.1 Å². The third kappa shape index (κ3) is 5.34. The molecular weight excluding hydrogens is 462 g/mol. The molecule has 0 atom stereocenters. The van der Waals surface area contributed by atoms with Crippen LogP contribution < -0.4 is 14.8 Å². The summed E-state index contributed by atoms with van der Waals surface area (Å²) in [5.41, 5.74) is 6.10. The second-order valence-electron chi connectivity index (χ2n) is 8.68. The second-order valence-corrected chi connectivity index (χ2v) is 8.68. The fraction of sp³-hybridized carbons (Fsp3) is 0.129. The monoisotopic (exact) mass is 491 g/mol. The molecule has 0 unspecified atom stereocenters. The van der Waals surface area contributed by atoms with Gasteiger partial charge in [-0.05, 0) is 29.3 Å². The minimum atomic E-state index is 0.0367. The number of ether oxygens (including phenoxy) is 2. The molecule has 6 heteroatoms. The van der Waals surface area contributed by atoms with Gasteiger partial charge in [-0.25, -0.2) is 4.99 Å². The Labute approximate surface area is 216 Å². The Morgan fingerprint density at radius 3 is 2.03 bits per heavy atom. The lowest BCUT2D eigenvalue weighted by atomic mass is 10.0. The lowest BCUT2D eigenvalue weighted by Gasteiger charge is -2.10. The van der Waals surface area contributed by atoms with Crippen LogP contribution in [0.2, 0.25) is 0 Å². The minimum Gasteiger partial charge on any atom is -0.494 e. The number of aliphatic imine (C=N–C) groups is 1. The van der Waals surface area contributed by atoms with Gasteiger partial charge in [-0.2, -0.15) is 0 Å². The Hall–Kier alpha value is -4.55. The third-order valence-electron chi connectivity index (χ3n) is 6.25. The molecule has 0 bridgehead atoms. The maximum atomic E-state index is 11.0. The van der Waals surface area contributed by atoms with Crippen LogP contribution in [-0.4, -0.2) is 30.0 Å². The van der Waals surface area contributed by atoms with Gasteiger partial charge in [-0.15, -0.1) is 0 Å². The van der Waals surface area contributed by atoms with Crippen molar-refractivity contribution in [1.82, 2.24) is 10.3 Å². The predicted molar refractivity (Wildman–Crippen MR) is 148 cm³/mol. The highest BCUT2D eigenvalue weighted by Gasteiger charge is 2.21. The van der Waals surface area contributed by atoms with Crippen molar-refractivity contribution < 1.29 is 14.6 Å². The van der Waals surface area contributed by atoms with E-state index < -0.39 is 0 Å². The van der Waals surface area contributed by atoms with Crippen molar-refractivity contribution in [3.63, 3.8) is 0 Å². The number of benzene rings is 4. The number of aromatic hydroxyl groups is 1. The number of nitrogens with zero attached hydrogens (tertiary/aromatic N) is 1. The van der Waals surface area contributed by atoms with Crippen LogP contribution in [0.1, 0.15) is 22.3 Å². The molecule has 1 heterocycles. The van der Waals surface area contributed by atoms with Gasteiger partial charge >= 0.3 is 0 Å². The summed E-state index contributed by atoms with van der Waals surface area (Å²) in [6.45, 7) is 1.57. The third-order valence-corrected chi connectivity index (χ3v) is 6.25. The Morgan fingerprint density at radius 2 is 1.38 bits per heavy atom. The first-order valence-corrected chi connectivity index (χ1v) is 12.1. The molecular formula is C31H29N3O3. The van der Waals surface area contributed by atoms with Gasteiger partial charge in [0.05, 0.1) is 36.7 Å². The fourth-order valence-corrected chi connectivity index (χ4v) is 4.37. The molecule has 5 aromatic rings. The van der Waals surface area contributed by atoms with E-state index in [0.717, 1.165) is 35.2 Å². The van der Waals surface area contributed by atoms with Gasteiger partial charge in [0.15, 0.2) is 17.4 Å². The topological polar surface area (TPSA) is 78.9 Å². The van der Waals surface area contributed by atoms with Crippen molar-refractivity contribution in [2.75, 3.05) is 14.2 Å². The number of H-pyrrole nitrogens is 1. The van der Waals surface area contributed by atoms with Crippen LogP contribution >= 0.6 is 0 Å². The van der Waals surface area contributed by atoms with E-state index in [-0.39, 0.29) is 5.88 Å². The molecule has 186 valence electrons. The van der Waals surface area contributed by atoms with E-state index in [1.165, 1.54) is 11.1 Å². The van der Waals surface area contributed by atoms with Crippen molar-refractivity contribution in [1.29, 1.82) is 0 Å². The summed E-state index contributed by atoms with van der Waals surface area (Å²) in [5.74, 6) is 1.20. The van der Waals surface area contributed by atoms with Crippen molar-refractivity contribution in [3.05, 3.63) is 119 Å². The Balaban J connectivity index is 1.48. The predicted octanol–water partition coefficient (Wildman–Crippen LogP) is 6.35. The van der Waals surface area contributed by atoms with Crippen LogP contribution in [0, 0.1) is 0 Å². The summed E-state index contributed by atoms with van der Waals surface area (Å²) < 4.78 is 11.0. The first-order valence-electron chi connectivity index (χ1n) is 12.1. The highest BCUT2D eigenvalue weighted by molar-refractivity contribution is 6.22. The Bertz CT molecular complexity index is 1510. The first kappa shape index (κ1) is 24.2. The largest absolute Gasteiger partial charge is 0.494 e. The van der Waals surface area contributed by atoms with Crippen molar-refractivity contribution in [2.24, 2.45) is 4.99 Å². The summed E-state index contributed by atoms with van der Waals surface area (Å²) in [5, 5.41) is 15.3. The molecule has 0 radical (unpaired) electrons. The van der Waals surface area contributed by atoms with Crippen molar-refractivity contribution >= 4 is 22.3 Å². The molecule has 5 rings (SSSR count). The van der Waals surface area contributed by atoms with Gasteiger partial charge in [0, 0.05) is 30.1 Å². The maximum absolute atomic E-state index is 11.0. The zero-order valence-electron chi connectivity index (χ0n) is 20.9. The van der Waals surface area contributed by atoms with Crippen LogP contribution in [0.3, 0.4) is 0 Å². The minimum absolute atomic E-state index is 0.0367. The zero-order valence-corrected chi connectivity index (χ0v) is 20.9. The van der Waals surface area contributed by atoms with Crippen LogP contribution in [0.5, 0.6) is 17.4 Å². The van der Waals surface area contributed by atoms with E-state index in [1.54, 1.807) is 14.2 Å². The SMILES string of the molecule is COc1cc2[nH]c(O)c(C(=Nc3ccc(CNCc4ccccc4)cc3)c3ccccc3)c2cc1OC. The summed E-state index contributed by atoms with van der Waals surface area (Å²) in [6.07, 6.45) is 0. The number of methoxy groups -OCH3 is 2. The van der Waals surface area contributed by atoms with Gasteiger partial charge in [0.1, 0.15) is 0 Å². The summed E-state index contributed by atoms with van der Waals surface area (Å²) in [6, 6.07) is 32.0. The van der Waals surface area contributed by atoms with Crippen LogP contribution in [0.15, 0.2) is 102 Å². The summed E-state index contributed by atoms with van der Waals surface area (Å²) >= 11 is 0. The smallest absolute Gasteiger partial charge is 0.199 e. The lowest BCUT2D eigenvalue weighted by Crippen LogP contribution is -2.12. The summed E-state index contributed by atoms with van der Waals surface area (Å²) in [4.78, 5) is 8.06. The molecule has 37 heavy (non-hydrogen) atoms. The Morgan fingerprint density at radius 1 is 0.784 bits per heavy atom. The number of aromatic amines is 1. The average Bonchev–Trinajstić information content (AvgIpc) is 3.27. The fourth-order valence-electron chi connectivity index (χ4n) is 4.37. The van der Waals surface area contributed by atoms with E-state index in [1.807, 2.05) is 72.8 Å². The lowest BCUT2D eigenvalue weighted by molar-refractivity contribution is 0.356. The number of aromatic nitrogens is 1. The number of hydrogen-bond acceptors (Lipinski definition) is 5. The standard InChI is InChI=1S/C31H29N3O3/c1-36-27-17-25-26(18-28(27)37-2)34-31(35)29(25)30(23-11-7-4-8-12-23)33-24-15-13-22(14-16-24)20-32-19-21-9-5-3-6-10-21/h3-18,32,34-35H,19-20H2,1-2H3. The normalized spacial score (nSPS) is 11.6. The van der Waals surface area contributed by atoms with Gasteiger partial charge in [-0.3, -0.25) is 0 Å². The number of nitrogens with one attached hydrogen (secondary N) is 2. The quantitative estimate of drug-likeness (QED) is 0.210. The van der Waals surface area contributed by atoms with E-state index in [9.17, 15) is 5.11 Å². The van der Waals surface area contributed by atoms with Crippen molar-refractivity contribution in [3.8, 4) is 17.4 Å². The molecule has 6 nitrogen and oxygen atoms in total. The van der Waals surface area contributed by atoms with Gasteiger partial charge in [-0.1, -0.05) is 72.8 Å². The first-order chi connectivity index (χ1) is 18.2. The zero-order chi connectivity index (χ0) is 25.6. The number of fused-ring (bicyclic) bond motifs is 1. The van der Waals surface area contributed by atoms with Gasteiger partial charge in [0.25, 0.3) is 0 Å². The number of rotatable bonds is 9. The Kier molecular flexibility index (Phi) is 7.19. The van der Waals surface area contributed by atoms with E-state index in [4.69, 9.17) is 14.5 Å². The molecule has 1 aromatic heterocycles. The van der Waals surface area contributed by atoms with E-state index in [0.29, 0.717) is 22.8 Å². The van der Waals surface area contributed by atoms with E-state index >= 15 is 0 Å². The molecule has 0 saturated carbocycles. The maximum Gasteiger partial charge on any atom is 0.199 e. The second kappa shape index (κ2) is 11.0. The molecule has 0 fully saturated rings. The molecule has 0 aliphatic heterocycles. The van der Waals surface area contributed by atoms with Crippen LogP contribution in [0.4, 0.5) is 5.69 Å². The molecule has 0 amide bonds. The van der Waals surface area contributed by atoms with Gasteiger partial charge < -0.3 is 24.9 Å². The van der Waals surface area contributed by atoms with Crippen LogP contribution in [0.25, 0.3) is 10.9 Å². The summed E-state index contributed by atoms with van der Waals surface area (Å²) in [7, 11) is 3.18.